The Morgan fingerprint density at radius 1 is 0.574 bits per heavy atom. The van der Waals surface area contributed by atoms with Crippen LogP contribution < -0.4 is 11.1 Å². The molecule has 0 saturated heterocycles. The van der Waals surface area contributed by atoms with E-state index in [-0.39, 0.29) is 6.04 Å². The number of allylic oxidation sites excluding steroid dienone is 2. The number of hydrogen-bond acceptors (Lipinski definition) is 2. The molecule has 8 aromatic carbocycles. The van der Waals surface area contributed by atoms with Gasteiger partial charge in [-0.1, -0.05) is 164 Å². The van der Waals surface area contributed by atoms with Crippen molar-refractivity contribution in [1.29, 1.82) is 0 Å². The van der Waals surface area contributed by atoms with Crippen LogP contribution in [0.4, 0.5) is 11.4 Å². The quantitative estimate of drug-likeness (QED) is 0.120. The second kappa shape index (κ2) is 12.0. The molecular formula is C45H34N2. The minimum atomic E-state index is 0.0257. The molecule has 0 spiro atoms. The Hall–Kier alpha value is -6.12. The van der Waals surface area contributed by atoms with Crippen molar-refractivity contribution in [3.05, 3.63) is 188 Å². The Bertz CT molecular complexity index is 2470. The molecule has 224 valence electrons. The highest BCUT2D eigenvalue weighted by atomic mass is 14.9. The first-order valence-corrected chi connectivity index (χ1v) is 16.1. The maximum absolute atomic E-state index is 5.62. The van der Waals surface area contributed by atoms with E-state index in [1.165, 1.54) is 71.0 Å². The van der Waals surface area contributed by atoms with Crippen molar-refractivity contribution in [3.63, 3.8) is 0 Å². The molecule has 0 fully saturated rings. The van der Waals surface area contributed by atoms with Crippen LogP contribution in [0.5, 0.6) is 0 Å². The fourth-order valence-electron chi connectivity index (χ4n) is 7.04. The predicted molar refractivity (Wildman–Crippen MR) is 204 cm³/mol. The van der Waals surface area contributed by atoms with E-state index >= 15 is 0 Å². The van der Waals surface area contributed by atoms with Crippen molar-refractivity contribution in [2.75, 3.05) is 11.1 Å². The number of rotatable bonds is 3. The molecule has 1 heterocycles. The maximum Gasteiger partial charge on any atom is 0.0713 e. The maximum atomic E-state index is 5.62. The van der Waals surface area contributed by atoms with Gasteiger partial charge in [0.2, 0.25) is 0 Å². The first-order valence-electron chi connectivity index (χ1n) is 16.1. The molecular weight excluding hydrogens is 569 g/mol. The van der Waals surface area contributed by atoms with E-state index in [0.717, 1.165) is 11.3 Å². The van der Waals surface area contributed by atoms with Gasteiger partial charge in [-0.05, 0) is 66.7 Å². The van der Waals surface area contributed by atoms with Gasteiger partial charge in [0.05, 0.1) is 11.7 Å². The van der Waals surface area contributed by atoms with Gasteiger partial charge in [-0.3, -0.25) is 0 Å². The average molecular weight is 603 g/mol. The number of nitrogens with two attached hydrogens (primary N) is 1. The molecule has 0 aliphatic carbocycles. The number of nitrogens with one attached hydrogen (secondary N) is 1. The van der Waals surface area contributed by atoms with Crippen LogP contribution in [0.1, 0.15) is 17.2 Å². The minimum Gasteiger partial charge on any atom is -0.399 e. The second-order valence-electron chi connectivity index (χ2n) is 12.0. The molecule has 2 nitrogen and oxygen atoms in total. The van der Waals surface area contributed by atoms with Crippen molar-refractivity contribution in [2.45, 2.75) is 6.04 Å². The summed E-state index contributed by atoms with van der Waals surface area (Å²) in [5.74, 6) is 0. The fraction of sp³-hybridized carbons (Fsp3) is 0.0222. The number of fused-ring (bicyclic) bond motifs is 11. The standard InChI is InChI=1S/C35H25N.C10H9N/c1-2-23(24-12-4-3-5-13-24)22-32-28-17-9-10-18-29(28)34-33-26-15-7-6-14-25(26)20-21-30(33)27-16-8-11-19-31(27)35(34)36-32;11-10-6-5-8-3-1-2-4-9(8)7-10/h2-22,32,36H,1H2;1-7H,11H2/b23-22+;. The van der Waals surface area contributed by atoms with Crippen LogP contribution in [-0.2, 0) is 0 Å². The summed E-state index contributed by atoms with van der Waals surface area (Å²) in [5.41, 5.74) is 13.8. The topological polar surface area (TPSA) is 38.0 Å². The SMILES string of the molecule is C=C/C(=C\C1Nc2c(c3c4ccccc4ccc3c3ccccc23)-c2ccccc21)c1ccccc1.Nc1ccc2ccccc2c1. The molecule has 0 saturated carbocycles. The van der Waals surface area contributed by atoms with Crippen molar-refractivity contribution in [1.82, 2.24) is 0 Å². The molecule has 2 heteroatoms. The number of hydrogen-bond donors (Lipinski definition) is 2. The summed E-state index contributed by atoms with van der Waals surface area (Å²) in [6, 6.07) is 55.5. The van der Waals surface area contributed by atoms with Crippen molar-refractivity contribution < 1.29 is 0 Å². The highest BCUT2D eigenvalue weighted by Crippen LogP contribution is 2.51. The Morgan fingerprint density at radius 3 is 2.02 bits per heavy atom. The molecule has 0 aromatic heterocycles. The molecule has 0 amide bonds. The summed E-state index contributed by atoms with van der Waals surface area (Å²) in [5, 5.41) is 14.1. The Kier molecular flexibility index (Phi) is 7.24. The molecule has 0 bridgehead atoms. The van der Waals surface area contributed by atoms with Crippen LogP contribution >= 0.6 is 0 Å². The van der Waals surface area contributed by atoms with Gasteiger partial charge in [-0.2, -0.15) is 0 Å². The van der Waals surface area contributed by atoms with Gasteiger partial charge in [0, 0.05) is 22.0 Å². The molecule has 1 aliphatic heterocycles. The Balaban J connectivity index is 0.000000249. The summed E-state index contributed by atoms with van der Waals surface area (Å²) in [4.78, 5) is 0. The first-order chi connectivity index (χ1) is 23.2. The Morgan fingerprint density at radius 2 is 1.21 bits per heavy atom. The summed E-state index contributed by atoms with van der Waals surface area (Å²) in [6.07, 6.45) is 4.27. The summed E-state index contributed by atoms with van der Waals surface area (Å²) in [7, 11) is 0. The van der Waals surface area contributed by atoms with E-state index in [0.29, 0.717) is 0 Å². The van der Waals surface area contributed by atoms with E-state index in [2.05, 4.69) is 145 Å². The first kappa shape index (κ1) is 28.4. The fourth-order valence-corrected chi connectivity index (χ4v) is 7.04. The zero-order chi connectivity index (χ0) is 31.7. The van der Waals surface area contributed by atoms with E-state index < -0.39 is 0 Å². The molecule has 0 radical (unpaired) electrons. The van der Waals surface area contributed by atoms with Crippen LogP contribution in [-0.4, -0.2) is 0 Å². The zero-order valence-electron chi connectivity index (χ0n) is 26.0. The largest absolute Gasteiger partial charge is 0.399 e. The normalized spacial score (nSPS) is 13.8. The number of benzene rings is 8. The van der Waals surface area contributed by atoms with Crippen LogP contribution in [0.3, 0.4) is 0 Å². The summed E-state index contributed by atoms with van der Waals surface area (Å²) >= 11 is 0. The van der Waals surface area contributed by atoms with Gasteiger partial charge in [0.25, 0.3) is 0 Å². The lowest BCUT2D eigenvalue weighted by Crippen LogP contribution is -2.16. The van der Waals surface area contributed by atoms with Gasteiger partial charge >= 0.3 is 0 Å². The van der Waals surface area contributed by atoms with Gasteiger partial charge in [0.15, 0.2) is 0 Å². The lowest BCUT2D eigenvalue weighted by Gasteiger charge is -2.31. The lowest BCUT2D eigenvalue weighted by atomic mass is 9.82. The molecule has 8 aromatic rings. The van der Waals surface area contributed by atoms with E-state index in [4.69, 9.17) is 5.73 Å². The van der Waals surface area contributed by atoms with E-state index in [1.807, 2.05) is 36.4 Å². The minimum absolute atomic E-state index is 0.0257. The van der Waals surface area contributed by atoms with Crippen LogP contribution in [0, 0.1) is 0 Å². The molecule has 47 heavy (non-hydrogen) atoms. The van der Waals surface area contributed by atoms with Crippen LogP contribution in [0.2, 0.25) is 0 Å². The molecule has 1 atom stereocenters. The van der Waals surface area contributed by atoms with Crippen molar-refractivity contribution in [2.24, 2.45) is 0 Å². The van der Waals surface area contributed by atoms with Gasteiger partial charge in [0.1, 0.15) is 0 Å². The highest BCUT2D eigenvalue weighted by molar-refractivity contribution is 6.28. The number of nitrogen functional groups attached to an aromatic ring is 1. The lowest BCUT2D eigenvalue weighted by molar-refractivity contribution is 0.980. The third-order valence-electron chi connectivity index (χ3n) is 9.23. The van der Waals surface area contributed by atoms with E-state index in [9.17, 15) is 0 Å². The second-order valence-corrected chi connectivity index (χ2v) is 12.0. The summed E-state index contributed by atoms with van der Waals surface area (Å²) in [6.45, 7) is 4.13. The summed E-state index contributed by atoms with van der Waals surface area (Å²) < 4.78 is 0. The van der Waals surface area contributed by atoms with Crippen molar-refractivity contribution in [3.8, 4) is 11.1 Å². The highest BCUT2D eigenvalue weighted by Gasteiger charge is 2.27. The monoisotopic (exact) mass is 602 g/mol. The van der Waals surface area contributed by atoms with Crippen LogP contribution in [0.15, 0.2) is 176 Å². The molecule has 1 aliphatic rings. The Labute approximate surface area is 275 Å². The van der Waals surface area contributed by atoms with Gasteiger partial charge in [-0.25, -0.2) is 0 Å². The zero-order valence-corrected chi connectivity index (χ0v) is 26.0. The average Bonchev–Trinajstić information content (AvgIpc) is 3.14. The number of anilines is 2. The van der Waals surface area contributed by atoms with Gasteiger partial charge in [-0.15, -0.1) is 0 Å². The third-order valence-corrected chi connectivity index (χ3v) is 9.23. The molecule has 3 N–H and O–H groups in total. The predicted octanol–water partition coefficient (Wildman–Crippen LogP) is 12.0. The third kappa shape index (κ3) is 5.10. The molecule has 1 unspecified atom stereocenters. The van der Waals surface area contributed by atoms with Gasteiger partial charge < -0.3 is 11.1 Å². The smallest absolute Gasteiger partial charge is 0.0713 e. The van der Waals surface area contributed by atoms with Crippen LogP contribution in [0.25, 0.3) is 59.8 Å². The molecule has 9 rings (SSSR count). The van der Waals surface area contributed by atoms with Crippen molar-refractivity contribution >= 4 is 60.0 Å². The van der Waals surface area contributed by atoms with E-state index in [1.54, 1.807) is 0 Å².